The molecule has 5 nitrogen and oxygen atoms in total. The standard InChI is InChI=1S/C20H24N2O3/c1-14(2)17-10-9-15(3)11-19(17)25-13-20(23)22-21-12-16-7-5-6-8-18(16)24-4/h5-12,14H,13H2,1-4H3,(H,22,23)/b21-12-. The zero-order valence-electron chi connectivity index (χ0n) is 15.1. The Hall–Kier alpha value is -2.82. The number of nitrogens with zero attached hydrogens (tertiary/aromatic N) is 1. The van der Waals surface area contributed by atoms with E-state index in [1.165, 1.54) is 0 Å². The van der Waals surface area contributed by atoms with Gasteiger partial charge in [0.15, 0.2) is 6.61 Å². The molecular formula is C20H24N2O3. The lowest BCUT2D eigenvalue weighted by atomic mass is 10.0. The Balaban J connectivity index is 1.93. The Labute approximate surface area is 148 Å². The summed E-state index contributed by atoms with van der Waals surface area (Å²) in [6.07, 6.45) is 1.54. The second-order valence-electron chi connectivity index (χ2n) is 6.02. The van der Waals surface area contributed by atoms with E-state index < -0.39 is 0 Å². The molecule has 0 aliphatic carbocycles. The van der Waals surface area contributed by atoms with Crippen molar-refractivity contribution in [2.24, 2.45) is 5.10 Å². The van der Waals surface area contributed by atoms with E-state index in [-0.39, 0.29) is 12.5 Å². The molecule has 0 radical (unpaired) electrons. The summed E-state index contributed by atoms with van der Waals surface area (Å²) >= 11 is 0. The van der Waals surface area contributed by atoms with Crippen LogP contribution in [0.15, 0.2) is 47.6 Å². The van der Waals surface area contributed by atoms with Crippen LogP contribution < -0.4 is 14.9 Å². The molecule has 1 N–H and O–H groups in total. The van der Waals surface area contributed by atoms with Gasteiger partial charge in [-0.2, -0.15) is 5.10 Å². The molecule has 0 saturated heterocycles. The van der Waals surface area contributed by atoms with E-state index in [1.807, 2.05) is 49.4 Å². The van der Waals surface area contributed by atoms with E-state index >= 15 is 0 Å². The molecule has 2 aromatic rings. The topological polar surface area (TPSA) is 59.9 Å². The number of benzene rings is 2. The largest absolute Gasteiger partial charge is 0.496 e. The maximum Gasteiger partial charge on any atom is 0.277 e. The smallest absolute Gasteiger partial charge is 0.277 e. The molecular weight excluding hydrogens is 316 g/mol. The molecule has 1 amide bonds. The second kappa shape index (κ2) is 8.87. The van der Waals surface area contributed by atoms with Gasteiger partial charge in [-0.1, -0.05) is 38.1 Å². The van der Waals surface area contributed by atoms with E-state index in [9.17, 15) is 4.79 Å². The van der Waals surface area contributed by atoms with E-state index in [1.54, 1.807) is 13.3 Å². The highest BCUT2D eigenvalue weighted by atomic mass is 16.5. The number of rotatable bonds is 7. The Morgan fingerprint density at radius 3 is 2.68 bits per heavy atom. The number of carbonyl (C=O) groups is 1. The van der Waals surface area contributed by atoms with E-state index in [2.05, 4.69) is 24.4 Å². The molecule has 0 bridgehead atoms. The normalized spacial score (nSPS) is 10.9. The molecule has 0 aromatic heterocycles. The molecule has 25 heavy (non-hydrogen) atoms. The second-order valence-corrected chi connectivity index (χ2v) is 6.02. The van der Waals surface area contributed by atoms with Crippen LogP contribution in [-0.4, -0.2) is 25.8 Å². The average Bonchev–Trinajstić information content (AvgIpc) is 2.60. The van der Waals surface area contributed by atoms with E-state index in [4.69, 9.17) is 9.47 Å². The molecule has 0 spiro atoms. The first-order chi connectivity index (χ1) is 12.0. The highest BCUT2D eigenvalue weighted by Gasteiger charge is 2.10. The van der Waals surface area contributed by atoms with Crippen molar-refractivity contribution in [3.8, 4) is 11.5 Å². The van der Waals surface area contributed by atoms with Gasteiger partial charge in [0.25, 0.3) is 5.91 Å². The summed E-state index contributed by atoms with van der Waals surface area (Å²) in [7, 11) is 1.59. The van der Waals surface area contributed by atoms with Gasteiger partial charge in [0.05, 0.1) is 13.3 Å². The van der Waals surface area contributed by atoms with Crippen molar-refractivity contribution in [3.05, 3.63) is 59.2 Å². The van der Waals surface area contributed by atoms with Crippen molar-refractivity contribution >= 4 is 12.1 Å². The first-order valence-corrected chi connectivity index (χ1v) is 8.19. The Kier molecular flexibility index (Phi) is 6.57. The van der Waals surface area contributed by atoms with Gasteiger partial charge in [-0.15, -0.1) is 0 Å². The van der Waals surface area contributed by atoms with E-state index in [0.717, 1.165) is 22.4 Å². The van der Waals surface area contributed by atoms with Gasteiger partial charge in [-0.3, -0.25) is 4.79 Å². The molecule has 2 rings (SSSR count). The maximum atomic E-state index is 11.9. The number of amides is 1. The summed E-state index contributed by atoms with van der Waals surface area (Å²) in [4.78, 5) is 11.9. The van der Waals surface area contributed by atoms with Crippen LogP contribution in [0.5, 0.6) is 11.5 Å². The highest BCUT2D eigenvalue weighted by Crippen LogP contribution is 2.27. The molecule has 0 atom stereocenters. The van der Waals surface area contributed by atoms with Crippen LogP contribution in [0.1, 0.15) is 36.5 Å². The number of carbonyl (C=O) groups excluding carboxylic acids is 1. The van der Waals surface area contributed by atoms with Crippen molar-refractivity contribution in [1.82, 2.24) is 5.43 Å². The van der Waals surface area contributed by atoms with Gasteiger partial charge < -0.3 is 9.47 Å². The molecule has 132 valence electrons. The van der Waals surface area contributed by atoms with Crippen molar-refractivity contribution in [3.63, 3.8) is 0 Å². The van der Waals surface area contributed by atoms with Crippen LogP contribution in [0.4, 0.5) is 0 Å². The van der Waals surface area contributed by atoms with Crippen molar-refractivity contribution < 1.29 is 14.3 Å². The zero-order chi connectivity index (χ0) is 18.2. The summed E-state index contributed by atoms with van der Waals surface area (Å²) in [6, 6.07) is 13.5. The predicted molar refractivity (Wildman–Crippen MR) is 99.5 cm³/mol. The summed E-state index contributed by atoms with van der Waals surface area (Å²) in [5, 5.41) is 3.95. The van der Waals surface area contributed by atoms with Gasteiger partial charge in [-0.25, -0.2) is 5.43 Å². The molecule has 5 heteroatoms. The molecule has 0 aliphatic heterocycles. The summed E-state index contributed by atoms with van der Waals surface area (Å²) in [5.74, 6) is 1.43. The number of ether oxygens (including phenoxy) is 2. The fourth-order valence-corrected chi connectivity index (χ4v) is 2.37. The van der Waals surface area contributed by atoms with E-state index in [0.29, 0.717) is 11.7 Å². The SMILES string of the molecule is COc1ccccc1/C=N\NC(=O)COc1cc(C)ccc1C(C)C. The third-order valence-electron chi connectivity index (χ3n) is 3.68. The summed E-state index contributed by atoms with van der Waals surface area (Å²) in [5.41, 5.74) is 5.42. The number of aryl methyl sites for hydroxylation is 1. The zero-order valence-corrected chi connectivity index (χ0v) is 15.1. The molecule has 0 heterocycles. The Morgan fingerprint density at radius 1 is 1.20 bits per heavy atom. The van der Waals surface area contributed by atoms with Crippen LogP contribution >= 0.6 is 0 Å². The van der Waals surface area contributed by atoms with Crippen LogP contribution in [0.25, 0.3) is 0 Å². The number of hydrogen-bond acceptors (Lipinski definition) is 4. The third kappa shape index (κ3) is 5.35. The lowest BCUT2D eigenvalue weighted by molar-refractivity contribution is -0.123. The van der Waals surface area contributed by atoms with Gasteiger partial charge in [0.2, 0.25) is 0 Å². The minimum absolute atomic E-state index is 0.0908. The Morgan fingerprint density at radius 2 is 1.96 bits per heavy atom. The average molecular weight is 340 g/mol. The quantitative estimate of drug-likeness (QED) is 0.618. The lowest BCUT2D eigenvalue weighted by Gasteiger charge is -2.14. The molecule has 0 unspecified atom stereocenters. The molecule has 0 fully saturated rings. The Bertz CT molecular complexity index is 754. The van der Waals surface area contributed by atoms with Crippen LogP contribution in [0.2, 0.25) is 0 Å². The summed E-state index contributed by atoms with van der Waals surface area (Å²) in [6.45, 7) is 6.09. The third-order valence-corrected chi connectivity index (χ3v) is 3.68. The van der Waals surface area contributed by atoms with Gasteiger partial charge >= 0.3 is 0 Å². The summed E-state index contributed by atoms with van der Waals surface area (Å²) < 4.78 is 10.9. The van der Waals surface area contributed by atoms with Crippen LogP contribution in [0.3, 0.4) is 0 Å². The minimum Gasteiger partial charge on any atom is -0.496 e. The minimum atomic E-state index is -0.317. The monoisotopic (exact) mass is 340 g/mol. The molecule has 0 aliphatic rings. The fraction of sp³-hybridized carbons (Fsp3) is 0.300. The number of methoxy groups -OCH3 is 1. The predicted octanol–water partition coefficient (Wildman–Crippen LogP) is 3.66. The highest BCUT2D eigenvalue weighted by molar-refractivity contribution is 5.85. The number of nitrogens with one attached hydrogen (secondary N) is 1. The first kappa shape index (κ1) is 18.5. The van der Waals surface area contributed by atoms with Crippen molar-refractivity contribution in [1.29, 1.82) is 0 Å². The first-order valence-electron chi connectivity index (χ1n) is 8.19. The van der Waals surface area contributed by atoms with Gasteiger partial charge in [-0.05, 0) is 42.2 Å². The molecule has 2 aromatic carbocycles. The van der Waals surface area contributed by atoms with Crippen molar-refractivity contribution in [2.45, 2.75) is 26.7 Å². The number of para-hydroxylation sites is 1. The number of hydrogen-bond donors (Lipinski definition) is 1. The van der Waals surface area contributed by atoms with Gasteiger partial charge in [0.1, 0.15) is 11.5 Å². The maximum absolute atomic E-state index is 11.9. The fourth-order valence-electron chi connectivity index (χ4n) is 2.37. The number of hydrazone groups is 1. The van der Waals surface area contributed by atoms with Crippen LogP contribution in [0, 0.1) is 6.92 Å². The lowest BCUT2D eigenvalue weighted by Crippen LogP contribution is -2.25. The van der Waals surface area contributed by atoms with Gasteiger partial charge in [0, 0.05) is 5.56 Å². The van der Waals surface area contributed by atoms with Crippen LogP contribution in [-0.2, 0) is 4.79 Å². The molecule has 0 saturated carbocycles. The van der Waals surface area contributed by atoms with Crippen molar-refractivity contribution in [2.75, 3.05) is 13.7 Å².